The Morgan fingerprint density at radius 1 is 1.16 bits per heavy atom. The molecule has 0 bridgehead atoms. The second kappa shape index (κ2) is 6.01. The molecule has 2 aliphatic rings. The van der Waals surface area contributed by atoms with E-state index in [9.17, 15) is 9.90 Å². The van der Waals surface area contributed by atoms with Gasteiger partial charge in [-0.05, 0) is 57.1 Å². The molecule has 0 radical (unpaired) electrons. The predicted octanol–water partition coefficient (Wildman–Crippen LogP) is 4.42. The molecule has 1 aromatic rings. The van der Waals surface area contributed by atoms with Gasteiger partial charge >= 0.3 is 6.09 Å². The van der Waals surface area contributed by atoms with E-state index in [0.717, 1.165) is 24.8 Å². The molecule has 0 aromatic heterocycles. The molecule has 4 nitrogen and oxygen atoms in total. The van der Waals surface area contributed by atoms with Gasteiger partial charge in [-0.25, -0.2) is 4.79 Å². The van der Waals surface area contributed by atoms with Gasteiger partial charge in [0, 0.05) is 18.5 Å². The summed E-state index contributed by atoms with van der Waals surface area (Å²) in [6.07, 6.45) is 2.19. The predicted molar refractivity (Wildman–Crippen MR) is 98.5 cm³/mol. The number of carbonyl (C=O) groups excluding carboxylic acids is 1. The van der Waals surface area contributed by atoms with Crippen LogP contribution in [-0.4, -0.2) is 34.8 Å². The average molecular weight is 345 g/mol. The van der Waals surface area contributed by atoms with Gasteiger partial charge in [-0.2, -0.15) is 0 Å². The van der Waals surface area contributed by atoms with E-state index in [-0.39, 0.29) is 11.5 Å². The lowest BCUT2D eigenvalue weighted by Crippen LogP contribution is -2.58. The average Bonchev–Trinajstić information content (AvgIpc) is 2.84. The first-order valence-electron chi connectivity index (χ1n) is 9.33. The molecule has 1 saturated carbocycles. The summed E-state index contributed by atoms with van der Waals surface area (Å²) in [7, 11) is 0. The number of nitrogens with zero attached hydrogens (tertiary/aromatic N) is 1. The minimum Gasteiger partial charge on any atom is -0.444 e. The molecule has 1 amide bonds. The summed E-state index contributed by atoms with van der Waals surface area (Å²) in [4.78, 5) is 13.9. The fraction of sp³-hybridized carbons (Fsp3) is 0.667. The smallest absolute Gasteiger partial charge is 0.410 e. The number of aliphatic hydroxyl groups is 1. The Kier molecular flexibility index (Phi) is 4.39. The van der Waals surface area contributed by atoms with Crippen molar-refractivity contribution >= 4 is 6.09 Å². The normalized spacial score (nSPS) is 25.3. The summed E-state index contributed by atoms with van der Waals surface area (Å²) in [6, 6.07) is 8.38. The lowest BCUT2D eigenvalue weighted by atomic mass is 9.76. The highest BCUT2D eigenvalue weighted by atomic mass is 16.6. The van der Waals surface area contributed by atoms with E-state index >= 15 is 0 Å². The largest absolute Gasteiger partial charge is 0.444 e. The number of rotatable bonds is 2. The van der Waals surface area contributed by atoms with Gasteiger partial charge in [0.15, 0.2) is 0 Å². The minimum absolute atomic E-state index is 0.0440. The number of hydrogen-bond acceptors (Lipinski definition) is 3. The SMILES string of the molecule is CC(C)c1ccc([C@@]2(O)CCC3(CN(C(=O)OC(C)(C)C)C3)C2)cc1. The van der Waals surface area contributed by atoms with E-state index in [1.807, 2.05) is 20.8 Å². The zero-order valence-electron chi connectivity index (χ0n) is 16.1. The summed E-state index contributed by atoms with van der Waals surface area (Å²) in [6.45, 7) is 11.4. The summed E-state index contributed by atoms with van der Waals surface area (Å²) in [5.41, 5.74) is 1.11. The molecule has 1 aliphatic heterocycles. The van der Waals surface area contributed by atoms with Gasteiger partial charge in [-0.15, -0.1) is 0 Å². The standard InChI is InChI=1S/C21H31NO3/c1-15(2)16-6-8-17(9-7-16)21(24)11-10-20(12-21)13-22(14-20)18(23)25-19(3,4)5/h6-9,15,24H,10-14H2,1-5H3/t21-/m1/s1. The van der Waals surface area contributed by atoms with Crippen molar-refractivity contribution in [3.63, 3.8) is 0 Å². The zero-order chi connectivity index (χ0) is 18.5. The topological polar surface area (TPSA) is 49.8 Å². The van der Waals surface area contributed by atoms with Crippen molar-refractivity contribution in [1.29, 1.82) is 0 Å². The van der Waals surface area contributed by atoms with Gasteiger partial charge in [-0.3, -0.25) is 0 Å². The van der Waals surface area contributed by atoms with Crippen LogP contribution in [0.4, 0.5) is 4.79 Å². The Morgan fingerprint density at radius 3 is 2.28 bits per heavy atom. The summed E-state index contributed by atoms with van der Waals surface area (Å²) in [5.74, 6) is 0.493. The van der Waals surface area contributed by atoms with Gasteiger partial charge < -0.3 is 14.7 Å². The molecule has 2 fully saturated rings. The molecule has 4 heteroatoms. The van der Waals surface area contributed by atoms with E-state index in [4.69, 9.17) is 4.74 Å². The van der Waals surface area contributed by atoms with Crippen LogP contribution < -0.4 is 0 Å². The fourth-order valence-electron chi connectivity index (χ4n) is 4.18. The molecule has 1 aromatic carbocycles. The van der Waals surface area contributed by atoms with Crippen LogP contribution in [0.3, 0.4) is 0 Å². The molecule has 1 spiro atoms. The van der Waals surface area contributed by atoms with Crippen molar-refractivity contribution in [3.8, 4) is 0 Å². The van der Waals surface area contributed by atoms with Gasteiger partial charge in [0.2, 0.25) is 0 Å². The Bertz CT molecular complexity index is 638. The number of hydrogen-bond donors (Lipinski definition) is 1. The van der Waals surface area contributed by atoms with Crippen LogP contribution in [0.15, 0.2) is 24.3 Å². The molecular weight excluding hydrogens is 314 g/mol. The minimum atomic E-state index is -0.768. The van der Waals surface area contributed by atoms with Crippen molar-refractivity contribution in [2.45, 2.75) is 71.0 Å². The summed E-state index contributed by atoms with van der Waals surface area (Å²) < 4.78 is 5.44. The number of amides is 1. The summed E-state index contributed by atoms with van der Waals surface area (Å²) >= 11 is 0. The molecule has 138 valence electrons. The van der Waals surface area contributed by atoms with Crippen LogP contribution in [0.1, 0.15) is 70.9 Å². The van der Waals surface area contributed by atoms with Crippen molar-refractivity contribution in [2.75, 3.05) is 13.1 Å². The van der Waals surface area contributed by atoms with Crippen LogP contribution in [0, 0.1) is 5.41 Å². The lowest BCUT2D eigenvalue weighted by molar-refractivity contribution is -0.0478. The van der Waals surface area contributed by atoms with Gasteiger partial charge in [0.1, 0.15) is 5.60 Å². The molecule has 1 heterocycles. The zero-order valence-corrected chi connectivity index (χ0v) is 16.1. The Hall–Kier alpha value is -1.55. The highest BCUT2D eigenvalue weighted by molar-refractivity contribution is 5.69. The van der Waals surface area contributed by atoms with E-state index in [1.54, 1.807) is 4.90 Å². The maximum Gasteiger partial charge on any atom is 0.410 e. The van der Waals surface area contributed by atoms with Gasteiger partial charge in [0.25, 0.3) is 0 Å². The van der Waals surface area contributed by atoms with Gasteiger partial charge in [-0.1, -0.05) is 38.1 Å². The van der Waals surface area contributed by atoms with Crippen LogP contribution >= 0.6 is 0 Å². The molecule has 1 atom stereocenters. The Balaban J connectivity index is 1.63. The molecule has 1 saturated heterocycles. The highest BCUT2D eigenvalue weighted by Gasteiger charge is 2.55. The lowest BCUT2D eigenvalue weighted by Gasteiger charge is -2.48. The van der Waals surface area contributed by atoms with E-state index < -0.39 is 11.2 Å². The number of likely N-dealkylation sites (tertiary alicyclic amines) is 1. The maximum absolute atomic E-state index is 12.2. The third-order valence-electron chi connectivity index (χ3n) is 5.56. The second-order valence-corrected chi connectivity index (χ2v) is 9.32. The van der Waals surface area contributed by atoms with Crippen molar-refractivity contribution in [2.24, 2.45) is 5.41 Å². The quantitative estimate of drug-likeness (QED) is 0.863. The van der Waals surface area contributed by atoms with Crippen molar-refractivity contribution < 1.29 is 14.6 Å². The maximum atomic E-state index is 12.2. The number of ether oxygens (including phenoxy) is 1. The summed E-state index contributed by atoms with van der Waals surface area (Å²) in [5, 5.41) is 11.2. The molecule has 0 unspecified atom stereocenters. The molecule has 1 N–H and O–H groups in total. The van der Waals surface area contributed by atoms with Crippen LogP contribution in [-0.2, 0) is 10.3 Å². The number of carbonyl (C=O) groups is 1. The Morgan fingerprint density at radius 2 is 1.76 bits per heavy atom. The molecule has 3 rings (SSSR count). The second-order valence-electron chi connectivity index (χ2n) is 9.32. The first kappa shape index (κ1) is 18.2. The van der Waals surface area contributed by atoms with Crippen molar-refractivity contribution in [1.82, 2.24) is 4.90 Å². The van der Waals surface area contributed by atoms with Crippen molar-refractivity contribution in [3.05, 3.63) is 35.4 Å². The van der Waals surface area contributed by atoms with E-state index in [0.29, 0.717) is 19.0 Å². The first-order valence-corrected chi connectivity index (χ1v) is 9.33. The van der Waals surface area contributed by atoms with Gasteiger partial charge in [0.05, 0.1) is 5.60 Å². The van der Waals surface area contributed by atoms with E-state index in [2.05, 4.69) is 38.1 Å². The fourth-order valence-corrected chi connectivity index (χ4v) is 4.18. The monoisotopic (exact) mass is 345 g/mol. The highest BCUT2D eigenvalue weighted by Crippen LogP contribution is 2.54. The third kappa shape index (κ3) is 3.69. The first-order chi connectivity index (χ1) is 11.5. The third-order valence-corrected chi connectivity index (χ3v) is 5.56. The van der Waals surface area contributed by atoms with E-state index in [1.165, 1.54) is 5.56 Å². The molecular formula is C21H31NO3. The molecule has 25 heavy (non-hydrogen) atoms. The van der Waals surface area contributed by atoms with Crippen LogP contribution in [0.5, 0.6) is 0 Å². The number of benzene rings is 1. The van der Waals surface area contributed by atoms with Crippen LogP contribution in [0.2, 0.25) is 0 Å². The van der Waals surface area contributed by atoms with Crippen LogP contribution in [0.25, 0.3) is 0 Å². The Labute approximate surface area is 151 Å². The molecule has 1 aliphatic carbocycles.